The van der Waals surface area contributed by atoms with E-state index in [0.717, 1.165) is 28.6 Å². The molecular weight excluding hydrogens is 314 g/mol. The van der Waals surface area contributed by atoms with Crippen LogP contribution in [-0.2, 0) is 6.42 Å². The molecule has 0 unspecified atom stereocenters. The van der Waals surface area contributed by atoms with Crippen molar-refractivity contribution in [3.8, 4) is 0 Å². The quantitative estimate of drug-likeness (QED) is 0.768. The van der Waals surface area contributed by atoms with Crippen LogP contribution in [-0.4, -0.2) is 25.0 Å². The number of hydrogen-bond donors (Lipinski definition) is 2. The lowest BCUT2D eigenvalue weighted by molar-refractivity contribution is 0.102. The number of H-pyrrole nitrogens is 1. The molecule has 3 rings (SSSR count). The second-order valence-corrected chi connectivity index (χ2v) is 6.17. The van der Waals surface area contributed by atoms with E-state index in [-0.39, 0.29) is 11.5 Å². The summed E-state index contributed by atoms with van der Waals surface area (Å²) in [5.74, 6) is -0.182. The Kier molecular flexibility index (Phi) is 4.57. The average Bonchev–Trinajstić information content (AvgIpc) is 2.60. The summed E-state index contributed by atoms with van der Waals surface area (Å²) in [5, 5.41) is 3.88. The number of carbonyl (C=O) groups is 1. The lowest BCUT2D eigenvalue weighted by atomic mass is 10.1. The number of pyridine rings is 1. The third-order valence-electron chi connectivity index (χ3n) is 4.21. The molecule has 0 saturated carbocycles. The van der Waals surface area contributed by atoms with E-state index in [2.05, 4.69) is 10.3 Å². The van der Waals surface area contributed by atoms with Gasteiger partial charge >= 0.3 is 0 Å². The Morgan fingerprint density at radius 1 is 1.08 bits per heavy atom. The van der Waals surface area contributed by atoms with E-state index < -0.39 is 0 Å². The van der Waals surface area contributed by atoms with Crippen LogP contribution in [0.25, 0.3) is 10.9 Å². The monoisotopic (exact) mass is 335 g/mol. The first-order valence-electron chi connectivity index (χ1n) is 8.22. The number of aromatic amines is 1. The summed E-state index contributed by atoms with van der Waals surface area (Å²) in [6, 6.07) is 14.6. The molecule has 2 aromatic carbocycles. The van der Waals surface area contributed by atoms with Crippen molar-refractivity contribution >= 4 is 28.2 Å². The van der Waals surface area contributed by atoms with Gasteiger partial charge in [-0.15, -0.1) is 0 Å². The molecule has 5 nitrogen and oxygen atoms in total. The molecule has 0 aliphatic heterocycles. The first-order chi connectivity index (χ1) is 12.0. The Hall–Kier alpha value is -3.08. The lowest BCUT2D eigenvalue weighted by Gasteiger charge is -2.13. The van der Waals surface area contributed by atoms with Crippen LogP contribution in [0, 0.1) is 0 Å². The minimum absolute atomic E-state index is 0.132. The highest BCUT2D eigenvalue weighted by atomic mass is 16.1. The number of fused-ring (bicyclic) bond motifs is 1. The maximum Gasteiger partial charge on any atom is 0.255 e. The van der Waals surface area contributed by atoms with Gasteiger partial charge < -0.3 is 15.2 Å². The van der Waals surface area contributed by atoms with Gasteiger partial charge in [-0.1, -0.05) is 13.0 Å². The van der Waals surface area contributed by atoms with Crippen molar-refractivity contribution in [1.82, 2.24) is 4.98 Å². The summed E-state index contributed by atoms with van der Waals surface area (Å²) in [7, 11) is 3.91. The normalized spacial score (nSPS) is 10.7. The van der Waals surface area contributed by atoms with Gasteiger partial charge in [-0.3, -0.25) is 9.59 Å². The number of aryl methyl sites for hydroxylation is 1. The molecule has 1 amide bonds. The van der Waals surface area contributed by atoms with Crippen LogP contribution in [0.5, 0.6) is 0 Å². The summed E-state index contributed by atoms with van der Waals surface area (Å²) in [6.45, 7) is 2.02. The predicted molar refractivity (Wildman–Crippen MR) is 103 cm³/mol. The highest BCUT2D eigenvalue weighted by Gasteiger charge is 2.08. The molecule has 128 valence electrons. The lowest BCUT2D eigenvalue weighted by Crippen LogP contribution is -2.13. The number of rotatable bonds is 4. The van der Waals surface area contributed by atoms with Crippen LogP contribution in [0.2, 0.25) is 0 Å². The van der Waals surface area contributed by atoms with E-state index in [1.807, 2.05) is 50.2 Å². The molecular formula is C20H21N3O2. The average molecular weight is 335 g/mol. The fourth-order valence-electron chi connectivity index (χ4n) is 2.82. The molecule has 0 aliphatic rings. The molecule has 0 bridgehead atoms. The van der Waals surface area contributed by atoms with Crippen molar-refractivity contribution in [3.63, 3.8) is 0 Å². The zero-order valence-electron chi connectivity index (χ0n) is 14.6. The van der Waals surface area contributed by atoms with Crippen LogP contribution in [0.4, 0.5) is 11.4 Å². The molecule has 25 heavy (non-hydrogen) atoms. The Bertz CT molecular complexity index is 972. The Labute approximate surface area is 146 Å². The first kappa shape index (κ1) is 16.8. The standard InChI is InChI=1S/C20H21N3O2/c1-4-13-11-19(24)22-18-12-15(7-10-17(13)18)21-20(25)14-5-8-16(9-6-14)23(2)3/h5-12H,4H2,1-3H3,(H,21,25)(H,22,24). The third-order valence-corrected chi connectivity index (χ3v) is 4.21. The van der Waals surface area contributed by atoms with Gasteiger partial charge in [-0.05, 0) is 48.4 Å². The van der Waals surface area contributed by atoms with Gasteiger partial charge in [0.1, 0.15) is 0 Å². The fourth-order valence-corrected chi connectivity index (χ4v) is 2.82. The van der Waals surface area contributed by atoms with Crippen LogP contribution in [0.15, 0.2) is 53.3 Å². The van der Waals surface area contributed by atoms with Crippen molar-refractivity contribution in [2.24, 2.45) is 0 Å². The largest absolute Gasteiger partial charge is 0.378 e. The zero-order valence-corrected chi connectivity index (χ0v) is 14.6. The second kappa shape index (κ2) is 6.81. The second-order valence-electron chi connectivity index (χ2n) is 6.17. The molecule has 1 aromatic heterocycles. The van der Waals surface area contributed by atoms with Gasteiger partial charge in [0, 0.05) is 42.5 Å². The van der Waals surface area contributed by atoms with Gasteiger partial charge in [-0.2, -0.15) is 0 Å². The van der Waals surface area contributed by atoms with Crippen molar-refractivity contribution in [1.29, 1.82) is 0 Å². The van der Waals surface area contributed by atoms with Crippen molar-refractivity contribution < 1.29 is 4.79 Å². The van der Waals surface area contributed by atoms with E-state index in [1.165, 1.54) is 0 Å². The number of carbonyl (C=O) groups excluding carboxylic acids is 1. The van der Waals surface area contributed by atoms with Crippen molar-refractivity contribution in [2.45, 2.75) is 13.3 Å². The molecule has 0 atom stereocenters. The minimum Gasteiger partial charge on any atom is -0.378 e. The molecule has 1 heterocycles. The number of anilines is 2. The molecule has 0 fully saturated rings. The minimum atomic E-state index is -0.182. The van der Waals surface area contributed by atoms with E-state index in [0.29, 0.717) is 11.3 Å². The van der Waals surface area contributed by atoms with Crippen molar-refractivity contribution in [2.75, 3.05) is 24.3 Å². The Morgan fingerprint density at radius 2 is 1.80 bits per heavy atom. The molecule has 3 aromatic rings. The van der Waals surface area contributed by atoms with E-state index in [4.69, 9.17) is 0 Å². The first-order valence-corrected chi connectivity index (χ1v) is 8.22. The third kappa shape index (κ3) is 3.55. The van der Waals surface area contributed by atoms with Gasteiger partial charge in [0.25, 0.3) is 5.91 Å². The van der Waals surface area contributed by atoms with Gasteiger partial charge in [0.05, 0.1) is 5.52 Å². The summed E-state index contributed by atoms with van der Waals surface area (Å²) in [6.07, 6.45) is 0.782. The van der Waals surface area contributed by atoms with Crippen LogP contribution < -0.4 is 15.8 Å². The number of amides is 1. The maximum absolute atomic E-state index is 12.4. The molecule has 0 saturated heterocycles. The summed E-state index contributed by atoms with van der Waals surface area (Å²) >= 11 is 0. The van der Waals surface area contributed by atoms with E-state index in [1.54, 1.807) is 24.3 Å². The van der Waals surface area contributed by atoms with Crippen LogP contribution >= 0.6 is 0 Å². The Morgan fingerprint density at radius 3 is 2.44 bits per heavy atom. The molecule has 0 radical (unpaired) electrons. The van der Waals surface area contributed by atoms with Crippen LogP contribution in [0.3, 0.4) is 0 Å². The number of hydrogen-bond acceptors (Lipinski definition) is 3. The SMILES string of the molecule is CCc1cc(=O)[nH]c2cc(NC(=O)c3ccc(N(C)C)cc3)ccc12. The molecule has 2 N–H and O–H groups in total. The zero-order chi connectivity index (χ0) is 18.0. The highest BCUT2D eigenvalue weighted by molar-refractivity contribution is 6.05. The predicted octanol–water partition coefficient (Wildman–Crippen LogP) is 3.41. The molecule has 0 aliphatic carbocycles. The maximum atomic E-state index is 12.4. The van der Waals surface area contributed by atoms with Gasteiger partial charge in [0.2, 0.25) is 5.56 Å². The van der Waals surface area contributed by atoms with Gasteiger partial charge in [0.15, 0.2) is 0 Å². The smallest absolute Gasteiger partial charge is 0.255 e. The Balaban J connectivity index is 1.87. The van der Waals surface area contributed by atoms with Gasteiger partial charge in [-0.25, -0.2) is 0 Å². The highest BCUT2D eigenvalue weighted by Crippen LogP contribution is 2.21. The molecule has 0 spiro atoms. The summed E-state index contributed by atoms with van der Waals surface area (Å²) in [4.78, 5) is 29.0. The fraction of sp³-hybridized carbons (Fsp3) is 0.200. The van der Waals surface area contributed by atoms with Crippen molar-refractivity contribution in [3.05, 3.63) is 70.0 Å². The van der Waals surface area contributed by atoms with E-state index >= 15 is 0 Å². The topological polar surface area (TPSA) is 65.2 Å². The van der Waals surface area contributed by atoms with Crippen LogP contribution in [0.1, 0.15) is 22.8 Å². The number of aromatic nitrogens is 1. The number of nitrogens with one attached hydrogen (secondary N) is 2. The summed E-state index contributed by atoms with van der Waals surface area (Å²) in [5.41, 5.74) is 3.86. The number of nitrogens with zero attached hydrogens (tertiary/aromatic N) is 1. The number of benzene rings is 2. The summed E-state index contributed by atoms with van der Waals surface area (Å²) < 4.78 is 0. The molecule has 5 heteroatoms. The van der Waals surface area contributed by atoms with E-state index in [9.17, 15) is 9.59 Å².